The molecular formula is C18H16F2N2O2. The number of furan rings is 1. The lowest BCUT2D eigenvalue weighted by molar-refractivity contribution is -0.0361. The van der Waals surface area contributed by atoms with Crippen molar-refractivity contribution >= 4 is 11.1 Å². The molecule has 1 fully saturated rings. The second kappa shape index (κ2) is 6.30. The van der Waals surface area contributed by atoms with Crippen LogP contribution in [0, 0.1) is 11.6 Å². The molecule has 1 aliphatic heterocycles. The largest absolute Gasteiger partial charge is 0.441 e. The van der Waals surface area contributed by atoms with Gasteiger partial charge in [-0.05, 0) is 24.3 Å². The van der Waals surface area contributed by atoms with Crippen molar-refractivity contribution in [3.63, 3.8) is 0 Å². The van der Waals surface area contributed by atoms with E-state index in [0.29, 0.717) is 31.0 Å². The van der Waals surface area contributed by atoms with E-state index in [-0.39, 0.29) is 0 Å². The summed E-state index contributed by atoms with van der Waals surface area (Å²) in [6.07, 6.45) is 1.28. The van der Waals surface area contributed by atoms with Crippen molar-refractivity contribution in [2.45, 2.75) is 12.6 Å². The van der Waals surface area contributed by atoms with E-state index >= 15 is 0 Å². The van der Waals surface area contributed by atoms with Gasteiger partial charge in [0.2, 0.25) is 5.71 Å². The number of halogens is 2. The molecule has 3 heterocycles. The SMILES string of the molecule is Fc1ccc(C2CN(Cc3cc4cccnc4o3)CCO2)c(F)c1. The Morgan fingerprint density at radius 1 is 1.21 bits per heavy atom. The van der Waals surface area contributed by atoms with E-state index in [2.05, 4.69) is 9.88 Å². The van der Waals surface area contributed by atoms with Crippen LogP contribution in [0.3, 0.4) is 0 Å². The van der Waals surface area contributed by atoms with Crippen molar-refractivity contribution in [1.29, 1.82) is 0 Å². The lowest BCUT2D eigenvalue weighted by Crippen LogP contribution is -2.38. The number of benzene rings is 1. The van der Waals surface area contributed by atoms with E-state index in [1.807, 2.05) is 18.2 Å². The van der Waals surface area contributed by atoms with Gasteiger partial charge in [-0.3, -0.25) is 4.90 Å². The first-order valence-corrected chi connectivity index (χ1v) is 7.81. The molecule has 0 spiro atoms. The first kappa shape index (κ1) is 15.2. The van der Waals surface area contributed by atoms with Crippen molar-refractivity contribution in [1.82, 2.24) is 9.88 Å². The summed E-state index contributed by atoms with van der Waals surface area (Å²) in [6, 6.07) is 9.37. The Morgan fingerprint density at radius 3 is 2.96 bits per heavy atom. The topological polar surface area (TPSA) is 38.5 Å². The van der Waals surface area contributed by atoms with Crippen LogP contribution < -0.4 is 0 Å². The molecule has 24 heavy (non-hydrogen) atoms. The number of hydrogen-bond acceptors (Lipinski definition) is 4. The Balaban J connectivity index is 1.50. The molecule has 0 bridgehead atoms. The van der Waals surface area contributed by atoms with Crippen molar-refractivity contribution in [2.75, 3.05) is 19.7 Å². The highest BCUT2D eigenvalue weighted by Gasteiger charge is 2.25. The molecule has 1 unspecified atom stereocenters. The van der Waals surface area contributed by atoms with Gasteiger partial charge < -0.3 is 9.15 Å². The average molecular weight is 330 g/mol. The Hall–Kier alpha value is -2.31. The van der Waals surface area contributed by atoms with Crippen molar-refractivity contribution < 1.29 is 17.9 Å². The molecule has 1 atom stereocenters. The maximum absolute atomic E-state index is 14.0. The molecule has 0 radical (unpaired) electrons. The summed E-state index contributed by atoms with van der Waals surface area (Å²) in [5.74, 6) is -0.350. The average Bonchev–Trinajstić information content (AvgIpc) is 2.97. The molecule has 4 nitrogen and oxygen atoms in total. The summed E-state index contributed by atoms with van der Waals surface area (Å²) in [7, 11) is 0. The van der Waals surface area contributed by atoms with E-state index in [9.17, 15) is 8.78 Å². The summed E-state index contributed by atoms with van der Waals surface area (Å²) in [5.41, 5.74) is 0.995. The molecule has 2 aromatic heterocycles. The fourth-order valence-electron chi connectivity index (χ4n) is 3.02. The quantitative estimate of drug-likeness (QED) is 0.734. The van der Waals surface area contributed by atoms with Crippen molar-refractivity contribution in [2.24, 2.45) is 0 Å². The van der Waals surface area contributed by atoms with Gasteiger partial charge in [0.1, 0.15) is 17.4 Å². The Kier molecular flexibility index (Phi) is 4.00. The molecule has 1 aromatic carbocycles. The molecule has 3 aromatic rings. The molecule has 0 aliphatic carbocycles. The highest BCUT2D eigenvalue weighted by Crippen LogP contribution is 2.27. The van der Waals surface area contributed by atoms with E-state index in [0.717, 1.165) is 23.8 Å². The number of pyridine rings is 1. The highest BCUT2D eigenvalue weighted by atomic mass is 19.1. The van der Waals surface area contributed by atoms with Gasteiger partial charge in [-0.2, -0.15) is 0 Å². The normalized spacial score (nSPS) is 19.0. The second-order valence-electron chi connectivity index (χ2n) is 5.87. The minimum Gasteiger partial charge on any atom is -0.441 e. The van der Waals surface area contributed by atoms with Crippen LogP contribution in [-0.4, -0.2) is 29.6 Å². The molecule has 0 amide bonds. The number of aromatic nitrogens is 1. The van der Waals surface area contributed by atoms with Gasteiger partial charge in [0, 0.05) is 36.3 Å². The zero-order valence-corrected chi connectivity index (χ0v) is 12.9. The standard InChI is InChI=1S/C18H16F2N2O2/c19-13-3-4-15(16(20)9-13)17-11-22(6-7-23-17)10-14-8-12-2-1-5-21-18(12)24-14/h1-5,8-9,17H,6-7,10-11H2. The van der Waals surface area contributed by atoms with Gasteiger partial charge in [-0.1, -0.05) is 6.07 Å². The fourth-order valence-corrected chi connectivity index (χ4v) is 3.02. The van der Waals surface area contributed by atoms with Gasteiger partial charge >= 0.3 is 0 Å². The van der Waals surface area contributed by atoms with Crippen LogP contribution in [0.25, 0.3) is 11.1 Å². The second-order valence-corrected chi connectivity index (χ2v) is 5.87. The fraction of sp³-hybridized carbons (Fsp3) is 0.278. The molecule has 124 valence electrons. The van der Waals surface area contributed by atoms with Crippen LogP contribution in [0.15, 0.2) is 47.0 Å². The van der Waals surface area contributed by atoms with Crippen LogP contribution in [0.4, 0.5) is 8.78 Å². The van der Waals surface area contributed by atoms with Gasteiger partial charge in [-0.25, -0.2) is 13.8 Å². The van der Waals surface area contributed by atoms with Crippen LogP contribution >= 0.6 is 0 Å². The molecular weight excluding hydrogens is 314 g/mol. The first-order chi connectivity index (χ1) is 11.7. The van der Waals surface area contributed by atoms with Crippen LogP contribution in [0.5, 0.6) is 0 Å². The predicted molar refractivity (Wildman–Crippen MR) is 84.3 cm³/mol. The maximum Gasteiger partial charge on any atom is 0.226 e. The molecule has 1 aliphatic rings. The third-order valence-electron chi connectivity index (χ3n) is 4.18. The third kappa shape index (κ3) is 3.02. The number of nitrogens with zero attached hydrogens (tertiary/aromatic N) is 2. The van der Waals surface area contributed by atoms with Gasteiger partial charge in [0.05, 0.1) is 19.3 Å². The lowest BCUT2D eigenvalue weighted by atomic mass is 10.1. The maximum atomic E-state index is 14.0. The summed E-state index contributed by atoms with van der Waals surface area (Å²) in [6.45, 7) is 2.33. The monoisotopic (exact) mass is 330 g/mol. The van der Waals surface area contributed by atoms with Crippen LogP contribution in [-0.2, 0) is 11.3 Å². The number of ether oxygens (including phenoxy) is 1. The molecule has 0 N–H and O–H groups in total. The predicted octanol–water partition coefficient (Wildman–Crippen LogP) is 3.68. The molecule has 0 saturated carbocycles. The first-order valence-electron chi connectivity index (χ1n) is 7.81. The summed E-state index contributed by atoms with van der Waals surface area (Å²) < 4.78 is 38.4. The number of morpholine rings is 1. The summed E-state index contributed by atoms with van der Waals surface area (Å²) in [4.78, 5) is 6.32. The van der Waals surface area contributed by atoms with Gasteiger partial charge in [0.25, 0.3) is 0 Å². The summed E-state index contributed by atoms with van der Waals surface area (Å²) in [5, 5.41) is 0.960. The number of hydrogen-bond donors (Lipinski definition) is 0. The minimum absolute atomic E-state index is 0.382. The van der Waals surface area contributed by atoms with Gasteiger partial charge in [-0.15, -0.1) is 0 Å². The van der Waals surface area contributed by atoms with E-state index in [1.165, 1.54) is 12.1 Å². The van der Waals surface area contributed by atoms with E-state index < -0.39 is 17.7 Å². The van der Waals surface area contributed by atoms with E-state index in [4.69, 9.17) is 9.15 Å². The molecule has 1 saturated heterocycles. The Bertz CT molecular complexity index is 832. The highest BCUT2D eigenvalue weighted by molar-refractivity contribution is 5.73. The smallest absolute Gasteiger partial charge is 0.226 e. The lowest BCUT2D eigenvalue weighted by Gasteiger charge is -2.32. The third-order valence-corrected chi connectivity index (χ3v) is 4.18. The number of rotatable bonds is 3. The zero-order chi connectivity index (χ0) is 16.5. The minimum atomic E-state index is -0.585. The van der Waals surface area contributed by atoms with E-state index in [1.54, 1.807) is 6.20 Å². The van der Waals surface area contributed by atoms with Crippen molar-refractivity contribution in [3.05, 3.63) is 65.6 Å². The van der Waals surface area contributed by atoms with Crippen LogP contribution in [0.2, 0.25) is 0 Å². The number of fused-ring (bicyclic) bond motifs is 1. The Morgan fingerprint density at radius 2 is 2.12 bits per heavy atom. The van der Waals surface area contributed by atoms with Crippen LogP contribution in [0.1, 0.15) is 17.4 Å². The summed E-state index contributed by atoms with van der Waals surface area (Å²) >= 11 is 0. The zero-order valence-electron chi connectivity index (χ0n) is 12.9. The van der Waals surface area contributed by atoms with Crippen molar-refractivity contribution in [3.8, 4) is 0 Å². The molecule has 4 rings (SSSR count). The Labute approximate surface area is 137 Å². The molecule has 6 heteroatoms. The van der Waals surface area contributed by atoms with Gasteiger partial charge in [0.15, 0.2) is 0 Å².